The van der Waals surface area contributed by atoms with Crippen molar-refractivity contribution < 1.29 is 4.79 Å². The molecule has 0 bridgehead atoms. The van der Waals surface area contributed by atoms with E-state index in [4.69, 9.17) is 0 Å². The van der Waals surface area contributed by atoms with Gasteiger partial charge in [0, 0.05) is 33.0 Å². The van der Waals surface area contributed by atoms with E-state index in [1.165, 1.54) is 16.5 Å². The van der Waals surface area contributed by atoms with Crippen molar-refractivity contribution in [2.45, 2.75) is 20.3 Å². The lowest BCUT2D eigenvalue weighted by atomic mass is 10.0. The summed E-state index contributed by atoms with van der Waals surface area (Å²) in [6.07, 6.45) is 0.787. The second-order valence-corrected chi connectivity index (χ2v) is 7.47. The molecule has 0 aliphatic rings. The van der Waals surface area contributed by atoms with E-state index in [1.807, 2.05) is 30.3 Å². The smallest absolute Gasteiger partial charge is 0.267 e. The van der Waals surface area contributed by atoms with Gasteiger partial charge in [-0.15, -0.1) is 0 Å². The van der Waals surface area contributed by atoms with Gasteiger partial charge in [0.05, 0.1) is 5.52 Å². The summed E-state index contributed by atoms with van der Waals surface area (Å²) in [7, 11) is 0. The lowest BCUT2D eigenvalue weighted by molar-refractivity contribution is 0.0950. The molecule has 0 aliphatic carbocycles. The van der Waals surface area contributed by atoms with Crippen molar-refractivity contribution in [2.75, 3.05) is 6.54 Å². The maximum atomic E-state index is 12.5. The van der Waals surface area contributed by atoms with Gasteiger partial charge in [0.1, 0.15) is 5.69 Å². The van der Waals surface area contributed by atoms with Crippen LogP contribution in [0.2, 0.25) is 0 Å². The molecule has 5 heteroatoms. The van der Waals surface area contributed by atoms with Crippen LogP contribution < -0.4 is 5.32 Å². The minimum atomic E-state index is -0.0726. The van der Waals surface area contributed by atoms with Gasteiger partial charge in [-0.3, -0.25) is 4.79 Å². The minimum absolute atomic E-state index is 0.0726. The molecule has 1 amide bonds. The first kappa shape index (κ1) is 16.9. The van der Waals surface area contributed by atoms with Crippen LogP contribution in [-0.4, -0.2) is 22.4 Å². The number of benzene rings is 2. The molecule has 0 aliphatic heterocycles. The summed E-state index contributed by atoms with van der Waals surface area (Å²) in [6.45, 7) is 4.79. The number of aryl methyl sites for hydroxylation is 2. The average Bonchev–Trinajstić information content (AvgIpc) is 3.20. The number of rotatable bonds is 4. The maximum Gasteiger partial charge on any atom is 0.267 e. The molecular weight excluding hydrogens is 390 g/mol. The van der Waals surface area contributed by atoms with E-state index >= 15 is 0 Å². The minimum Gasteiger partial charge on any atom is -0.357 e. The fraction of sp³-hybridized carbons (Fsp3) is 0.190. The predicted molar refractivity (Wildman–Crippen MR) is 110 cm³/mol. The lowest BCUT2D eigenvalue weighted by Gasteiger charge is -2.06. The van der Waals surface area contributed by atoms with Gasteiger partial charge in [0.2, 0.25) is 0 Å². The number of halogens is 1. The number of nitrogens with one attached hydrogen (secondary N) is 3. The zero-order valence-corrected chi connectivity index (χ0v) is 16.3. The molecular formula is C21H20BrN3O. The Morgan fingerprint density at radius 3 is 2.73 bits per heavy atom. The highest BCUT2D eigenvalue weighted by molar-refractivity contribution is 9.10. The fourth-order valence-corrected chi connectivity index (χ4v) is 3.98. The predicted octanol–water partition coefficient (Wildman–Crippen LogP) is 5.00. The summed E-state index contributed by atoms with van der Waals surface area (Å²) in [5.74, 6) is -0.0726. The summed E-state index contributed by atoms with van der Waals surface area (Å²) in [5, 5.41) is 5.32. The molecule has 2 aromatic carbocycles. The van der Waals surface area contributed by atoms with Crippen LogP contribution in [0.3, 0.4) is 0 Å². The van der Waals surface area contributed by atoms with E-state index in [1.54, 1.807) is 0 Å². The Morgan fingerprint density at radius 1 is 1.12 bits per heavy atom. The van der Waals surface area contributed by atoms with Crippen molar-refractivity contribution >= 4 is 43.6 Å². The number of carbonyl (C=O) groups excluding carboxylic acids is 1. The molecule has 0 radical (unpaired) electrons. The largest absolute Gasteiger partial charge is 0.357 e. The molecule has 0 saturated carbocycles. The van der Waals surface area contributed by atoms with Crippen molar-refractivity contribution in [1.82, 2.24) is 15.3 Å². The molecule has 2 aromatic heterocycles. The molecule has 0 fully saturated rings. The second-order valence-electron chi connectivity index (χ2n) is 6.62. The van der Waals surface area contributed by atoms with Gasteiger partial charge in [-0.2, -0.15) is 0 Å². The number of fused-ring (bicyclic) bond motifs is 2. The number of aromatic nitrogens is 2. The van der Waals surface area contributed by atoms with Crippen LogP contribution in [0.5, 0.6) is 0 Å². The number of hydrogen-bond donors (Lipinski definition) is 3. The quantitative estimate of drug-likeness (QED) is 0.436. The zero-order chi connectivity index (χ0) is 18.3. The first-order valence-electron chi connectivity index (χ1n) is 8.67. The van der Waals surface area contributed by atoms with Crippen LogP contribution in [0.4, 0.5) is 0 Å². The number of aromatic amines is 2. The normalized spacial score (nSPS) is 11.3. The molecule has 4 nitrogen and oxygen atoms in total. The molecule has 3 N–H and O–H groups in total. The Bertz CT molecular complexity index is 1090. The van der Waals surface area contributed by atoms with Crippen LogP contribution in [0.25, 0.3) is 21.8 Å². The topological polar surface area (TPSA) is 60.7 Å². The van der Waals surface area contributed by atoms with E-state index in [0.717, 1.165) is 33.0 Å². The van der Waals surface area contributed by atoms with Gasteiger partial charge < -0.3 is 15.3 Å². The molecule has 26 heavy (non-hydrogen) atoms. The van der Waals surface area contributed by atoms with Gasteiger partial charge in [0.25, 0.3) is 5.91 Å². The Kier molecular flexibility index (Phi) is 4.32. The van der Waals surface area contributed by atoms with Gasteiger partial charge >= 0.3 is 0 Å². The summed E-state index contributed by atoms with van der Waals surface area (Å²) < 4.78 is 1.06. The molecule has 132 valence electrons. The number of para-hydroxylation sites is 1. The highest BCUT2D eigenvalue weighted by Crippen LogP contribution is 2.31. The van der Waals surface area contributed by atoms with Crippen LogP contribution in [-0.2, 0) is 6.42 Å². The van der Waals surface area contributed by atoms with E-state index in [9.17, 15) is 4.79 Å². The SMILES string of the molecule is Cc1[nH]c2c(Br)ccc(C)c2c1CCNC(=O)c1cc2ccccc2[nH]1. The van der Waals surface area contributed by atoms with Crippen LogP contribution in [0.1, 0.15) is 27.3 Å². The first-order chi connectivity index (χ1) is 12.5. The van der Waals surface area contributed by atoms with Crippen molar-refractivity contribution in [3.8, 4) is 0 Å². The van der Waals surface area contributed by atoms with Gasteiger partial charge in [-0.1, -0.05) is 24.3 Å². The van der Waals surface area contributed by atoms with Crippen LogP contribution in [0.15, 0.2) is 46.9 Å². The lowest BCUT2D eigenvalue weighted by Crippen LogP contribution is -2.26. The van der Waals surface area contributed by atoms with Crippen molar-refractivity contribution in [1.29, 1.82) is 0 Å². The third-order valence-corrected chi connectivity index (χ3v) is 5.53. The second kappa shape index (κ2) is 6.65. The van der Waals surface area contributed by atoms with Gasteiger partial charge in [0.15, 0.2) is 0 Å². The Morgan fingerprint density at radius 2 is 1.92 bits per heavy atom. The average molecular weight is 410 g/mol. The third-order valence-electron chi connectivity index (χ3n) is 4.86. The Hall–Kier alpha value is -2.53. The monoisotopic (exact) mass is 409 g/mol. The number of amides is 1. The fourth-order valence-electron chi connectivity index (χ4n) is 3.55. The molecule has 0 saturated heterocycles. The molecule has 2 heterocycles. The van der Waals surface area contributed by atoms with Crippen molar-refractivity contribution in [3.05, 3.63) is 69.5 Å². The van der Waals surface area contributed by atoms with Crippen molar-refractivity contribution in [3.63, 3.8) is 0 Å². The maximum absolute atomic E-state index is 12.5. The molecule has 0 spiro atoms. The van der Waals surface area contributed by atoms with E-state index < -0.39 is 0 Å². The van der Waals surface area contributed by atoms with Crippen molar-refractivity contribution in [2.24, 2.45) is 0 Å². The highest BCUT2D eigenvalue weighted by Gasteiger charge is 2.14. The molecule has 4 aromatic rings. The highest BCUT2D eigenvalue weighted by atomic mass is 79.9. The summed E-state index contributed by atoms with van der Waals surface area (Å²) in [6, 6.07) is 14.0. The molecule has 4 rings (SSSR count). The van der Waals surface area contributed by atoms with Gasteiger partial charge in [-0.05, 0) is 65.5 Å². The summed E-state index contributed by atoms with van der Waals surface area (Å²) in [4.78, 5) is 19.1. The summed E-state index contributed by atoms with van der Waals surface area (Å²) >= 11 is 3.61. The summed E-state index contributed by atoms with van der Waals surface area (Å²) in [5.41, 5.74) is 6.35. The third kappa shape index (κ3) is 2.92. The van der Waals surface area contributed by atoms with Crippen LogP contribution in [0, 0.1) is 13.8 Å². The Balaban J connectivity index is 1.51. The number of carbonyl (C=O) groups is 1. The standard InChI is InChI=1S/C21H20BrN3O/c1-12-7-8-16(22)20-19(12)15(13(2)24-20)9-10-23-21(26)18-11-14-5-3-4-6-17(14)25-18/h3-8,11,24-25H,9-10H2,1-2H3,(H,23,26). The van der Waals surface area contributed by atoms with E-state index in [0.29, 0.717) is 12.2 Å². The van der Waals surface area contributed by atoms with Gasteiger partial charge in [-0.25, -0.2) is 0 Å². The number of hydrogen-bond acceptors (Lipinski definition) is 1. The van der Waals surface area contributed by atoms with Crippen LogP contribution >= 0.6 is 15.9 Å². The van der Waals surface area contributed by atoms with E-state index in [-0.39, 0.29) is 5.91 Å². The first-order valence-corrected chi connectivity index (χ1v) is 9.46. The zero-order valence-electron chi connectivity index (χ0n) is 14.7. The molecule has 0 atom stereocenters. The molecule has 0 unspecified atom stereocenters. The van der Waals surface area contributed by atoms with E-state index in [2.05, 4.69) is 57.2 Å². The number of H-pyrrole nitrogens is 2. The Labute approximate surface area is 160 Å².